The predicted molar refractivity (Wildman–Crippen MR) is 53.3 cm³/mol. The Morgan fingerprint density at radius 2 is 2.12 bits per heavy atom. The summed E-state index contributed by atoms with van der Waals surface area (Å²) >= 11 is 0. The largest absolute Gasteiger partial charge is 0.471 e. The second-order valence-electron chi connectivity index (χ2n) is 3.57. The molecule has 17 heavy (non-hydrogen) atoms. The molecule has 0 amide bonds. The van der Waals surface area contributed by atoms with Crippen LogP contribution in [0.3, 0.4) is 0 Å². The van der Waals surface area contributed by atoms with Crippen LogP contribution in [0.4, 0.5) is 17.6 Å². The molecule has 0 saturated carbocycles. The molecule has 2 N–H and O–H groups in total. The SMILES string of the molecule is C[C@H](N)c1ccnc(OCC(F)(F)C(F)F)c1. The number of aromatic nitrogens is 1. The number of ether oxygens (including phenoxy) is 1. The zero-order valence-electron chi connectivity index (χ0n) is 9.04. The Bertz CT molecular complexity index is 371. The first-order valence-electron chi connectivity index (χ1n) is 4.83. The van der Waals surface area contributed by atoms with Crippen LogP contribution in [0.5, 0.6) is 5.88 Å². The van der Waals surface area contributed by atoms with Crippen molar-refractivity contribution in [2.45, 2.75) is 25.3 Å². The van der Waals surface area contributed by atoms with Crippen LogP contribution >= 0.6 is 0 Å². The van der Waals surface area contributed by atoms with Gasteiger partial charge in [0.05, 0.1) is 0 Å². The van der Waals surface area contributed by atoms with Crippen LogP contribution < -0.4 is 10.5 Å². The quantitative estimate of drug-likeness (QED) is 0.818. The lowest BCUT2D eigenvalue weighted by Crippen LogP contribution is -2.33. The van der Waals surface area contributed by atoms with Crippen molar-refractivity contribution < 1.29 is 22.3 Å². The van der Waals surface area contributed by atoms with Gasteiger partial charge in [-0.1, -0.05) is 0 Å². The van der Waals surface area contributed by atoms with E-state index in [9.17, 15) is 17.6 Å². The Hall–Kier alpha value is -1.37. The molecule has 0 aliphatic rings. The van der Waals surface area contributed by atoms with Gasteiger partial charge in [-0.2, -0.15) is 8.78 Å². The van der Waals surface area contributed by atoms with Gasteiger partial charge in [-0.25, -0.2) is 13.8 Å². The highest BCUT2D eigenvalue weighted by atomic mass is 19.3. The Morgan fingerprint density at radius 1 is 1.47 bits per heavy atom. The maximum Gasteiger partial charge on any atom is 0.340 e. The summed E-state index contributed by atoms with van der Waals surface area (Å²) < 4.78 is 53.4. The van der Waals surface area contributed by atoms with E-state index < -0.39 is 19.0 Å². The maximum atomic E-state index is 12.6. The molecule has 1 heterocycles. The molecule has 0 bridgehead atoms. The summed E-state index contributed by atoms with van der Waals surface area (Å²) in [5, 5.41) is 0. The Balaban J connectivity index is 2.67. The highest BCUT2D eigenvalue weighted by Crippen LogP contribution is 2.24. The molecule has 0 radical (unpaired) electrons. The average molecular weight is 252 g/mol. The van der Waals surface area contributed by atoms with Gasteiger partial charge < -0.3 is 10.5 Å². The summed E-state index contributed by atoms with van der Waals surface area (Å²) in [6.45, 7) is 0.271. The van der Waals surface area contributed by atoms with E-state index in [0.717, 1.165) is 0 Å². The molecule has 0 aliphatic heterocycles. The van der Waals surface area contributed by atoms with E-state index in [1.54, 1.807) is 13.0 Å². The summed E-state index contributed by atoms with van der Waals surface area (Å²) in [5.74, 6) is -4.34. The summed E-state index contributed by atoms with van der Waals surface area (Å²) in [4.78, 5) is 3.63. The Kier molecular flexibility index (Phi) is 4.28. The lowest BCUT2D eigenvalue weighted by molar-refractivity contribution is -0.148. The molecule has 0 fully saturated rings. The van der Waals surface area contributed by atoms with Crippen molar-refractivity contribution in [3.8, 4) is 5.88 Å². The predicted octanol–water partition coefficient (Wildman–Crippen LogP) is 2.38. The second kappa shape index (κ2) is 5.31. The van der Waals surface area contributed by atoms with Crippen LogP contribution in [0.2, 0.25) is 0 Å². The number of halogens is 4. The fourth-order valence-corrected chi connectivity index (χ4v) is 1.02. The van der Waals surface area contributed by atoms with Crippen LogP contribution in [-0.2, 0) is 0 Å². The molecule has 0 saturated heterocycles. The first-order chi connectivity index (χ1) is 7.83. The van der Waals surface area contributed by atoms with Gasteiger partial charge in [0.25, 0.3) is 0 Å². The third kappa shape index (κ3) is 3.85. The number of hydrogen-bond donors (Lipinski definition) is 1. The number of nitrogens with zero attached hydrogens (tertiary/aromatic N) is 1. The maximum absolute atomic E-state index is 12.6. The molecule has 1 aromatic rings. The summed E-state index contributed by atoms with van der Waals surface area (Å²) in [7, 11) is 0. The molecule has 0 spiro atoms. The third-order valence-electron chi connectivity index (χ3n) is 2.02. The van der Waals surface area contributed by atoms with E-state index in [-0.39, 0.29) is 11.9 Å². The van der Waals surface area contributed by atoms with Crippen molar-refractivity contribution in [1.82, 2.24) is 4.98 Å². The standard InChI is InChI=1S/C10H12F4N2O/c1-6(15)7-2-3-16-8(4-7)17-5-10(13,14)9(11)12/h2-4,6,9H,5,15H2,1H3/t6-/m0/s1. The van der Waals surface area contributed by atoms with Crippen LogP contribution in [0.25, 0.3) is 0 Å². The van der Waals surface area contributed by atoms with E-state index in [1.165, 1.54) is 12.3 Å². The first-order valence-corrected chi connectivity index (χ1v) is 4.83. The summed E-state index contributed by atoms with van der Waals surface area (Å²) in [6, 6.07) is 2.60. The highest BCUT2D eigenvalue weighted by Gasteiger charge is 2.41. The van der Waals surface area contributed by atoms with Crippen LogP contribution in [0.1, 0.15) is 18.5 Å². The van der Waals surface area contributed by atoms with Gasteiger partial charge in [0.1, 0.15) is 0 Å². The highest BCUT2D eigenvalue weighted by molar-refractivity contribution is 5.22. The fourth-order valence-electron chi connectivity index (χ4n) is 1.02. The van der Waals surface area contributed by atoms with Gasteiger partial charge in [0.15, 0.2) is 6.61 Å². The van der Waals surface area contributed by atoms with Crippen molar-refractivity contribution in [3.05, 3.63) is 23.9 Å². The lowest BCUT2D eigenvalue weighted by Gasteiger charge is -2.16. The van der Waals surface area contributed by atoms with Crippen molar-refractivity contribution in [3.63, 3.8) is 0 Å². The Morgan fingerprint density at radius 3 is 2.65 bits per heavy atom. The minimum Gasteiger partial charge on any atom is -0.471 e. The van der Waals surface area contributed by atoms with Crippen molar-refractivity contribution >= 4 is 0 Å². The van der Waals surface area contributed by atoms with Gasteiger partial charge in [0, 0.05) is 18.3 Å². The fraction of sp³-hybridized carbons (Fsp3) is 0.500. The van der Waals surface area contributed by atoms with Gasteiger partial charge in [-0.3, -0.25) is 0 Å². The minimum absolute atomic E-state index is 0.153. The minimum atomic E-state index is -4.19. The van der Waals surface area contributed by atoms with Crippen LogP contribution in [-0.4, -0.2) is 23.9 Å². The van der Waals surface area contributed by atoms with Crippen molar-refractivity contribution in [1.29, 1.82) is 0 Å². The average Bonchev–Trinajstić information content (AvgIpc) is 2.26. The second-order valence-corrected chi connectivity index (χ2v) is 3.57. The van der Waals surface area contributed by atoms with E-state index in [4.69, 9.17) is 5.73 Å². The molecule has 3 nitrogen and oxygen atoms in total. The molecule has 0 unspecified atom stereocenters. The van der Waals surface area contributed by atoms with Crippen molar-refractivity contribution in [2.75, 3.05) is 6.61 Å². The monoisotopic (exact) mass is 252 g/mol. The zero-order chi connectivity index (χ0) is 13.1. The molecule has 0 aromatic carbocycles. The van der Waals surface area contributed by atoms with Gasteiger partial charge in [0.2, 0.25) is 5.88 Å². The molecule has 96 valence electrons. The molecule has 0 aliphatic carbocycles. The van der Waals surface area contributed by atoms with Gasteiger partial charge in [-0.15, -0.1) is 0 Å². The van der Waals surface area contributed by atoms with Gasteiger partial charge in [-0.05, 0) is 18.6 Å². The molecule has 7 heteroatoms. The number of nitrogens with two attached hydrogens (primary N) is 1. The zero-order valence-corrected chi connectivity index (χ0v) is 9.04. The smallest absolute Gasteiger partial charge is 0.340 e. The summed E-state index contributed by atoms with van der Waals surface area (Å²) in [6.07, 6.45) is -2.45. The van der Waals surface area contributed by atoms with Crippen LogP contribution in [0.15, 0.2) is 18.3 Å². The van der Waals surface area contributed by atoms with Crippen molar-refractivity contribution in [2.24, 2.45) is 5.73 Å². The van der Waals surface area contributed by atoms with Crippen LogP contribution in [0, 0.1) is 0 Å². The normalized spacial score (nSPS) is 13.8. The van der Waals surface area contributed by atoms with Gasteiger partial charge >= 0.3 is 12.3 Å². The molecule has 1 rings (SSSR count). The number of pyridine rings is 1. The number of rotatable bonds is 5. The molecular formula is C10H12F4N2O. The topological polar surface area (TPSA) is 48.1 Å². The van der Waals surface area contributed by atoms with E-state index in [0.29, 0.717) is 5.56 Å². The van der Waals surface area contributed by atoms with E-state index in [2.05, 4.69) is 9.72 Å². The molecule has 1 aromatic heterocycles. The first kappa shape index (κ1) is 13.7. The van der Waals surface area contributed by atoms with E-state index >= 15 is 0 Å². The van der Waals surface area contributed by atoms with E-state index in [1.807, 2.05) is 0 Å². The number of alkyl halides is 4. The Labute approximate surface area is 95.6 Å². The molecular weight excluding hydrogens is 240 g/mol. The molecule has 1 atom stereocenters. The third-order valence-corrected chi connectivity index (χ3v) is 2.02. The number of hydrogen-bond acceptors (Lipinski definition) is 3. The lowest BCUT2D eigenvalue weighted by atomic mass is 10.1. The summed E-state index contributed by atoms with van der Waals surface area (Å²) in [5.41, 5.74) is 6.18.